The summed E-state index contributed by atoms with van der Waals surface area (Å²) in [7, 11) is 0. The number of hydrogen-bond acceptors (Lipinski definition) is 6. The van der Waals surface area contributed by atoms with Crippen LogP contribution in [0.1, 0.15) is 30.3 Å². The monoisotopic (exact) mass is 305 g/mol. The van der Waals surface area contributed by atoms with E-state index in [4.69, 9.17) is 0 Å². The second-order valence-electron chi connectivity index (χ2n) is 5.09. The van der Waals surface area contributed by atoms with Crippen molar-refractivity contribution in [1.29, 1.82) is 0 Å². The number of aryl methyl sites for hydroxylation is 1. The fourth-order valence-electron chi connectivity index (χ4n) is 2.79. The number of hydrogen-bond donors (Lipinski definition) is 1. The molecular weight excluding hydrogens is 290 g/mol. The highest BCUT2D eigenvalue weighted by Crippen LogP contribution is 2.34. The van der Waals surface area contributed by atoms with Crippen LogP contribution in [0.25, 0.3) is 15.5 Å². The van der Waals surface area contributed by atoms with Crippen LogP contribution in [0.3, 0.4) is 0 Å². The summed E-state index contributed by atoms with van der Waals surface area (Å²) in [6, 6.07) is 0. The number of nitrogens with one attached hydrogen (secondary N) is 1. The molecule has 0 saturated carbocycles. The van der Waals surface area contributed by atoms with Gasteiger partial charge in [0.05, 0.1) is 21.8 Å². The molecule has 1 saturated heterocycles. The smallest absolute Gasteiger partial charge is 0.216 e. The topological polar surface area (TPSA) is 55.1 Å². The minimum atomic E-state index is 0.507. The Morgan fingerprint density at radius 3 is 2.85 bits per heavy atom. The molecule has 1 aliphatic rings. The molecule has 0 unspecified atom stereocenters. The van der Waals surface area contributed by atoms with Gasteiger partial charge in [0.2, 0.25) is 4.96 Å². The lowest BCUT2D eigenvalue weighted by Crippen LogP contribution is -2.27. The minimum Gasteiger partial charge on any atom is -0.317 e. The molecule has 104 valence electrons. The van der Waals surface area contributed by atoms with Crippen LogP contribution >= 0.6 is 22.7 Å². The lowest BCUT2D eigenvalue weighted by molar-refractivity contribution is 0.443. The molecular formula is C13H15N5S2. The molecule has 20 heavy (non-hydrogen) atoms. The number of piperidine rings is 1. The Kier molecular flexibility index (Phi) is 3.05. The van der Waals surface area contributed by atoms with Crippen LogP contribution in [-0.2, 0) is 0 Å². The van der Waals surface area contributed by atoms with Crippen LogP contribution in [0.5, 0.6) is 0 Å². The van der Waals surface area contributed by atoms with Crippen molar-refractivity contribution in [3.63, 3.8) is 0 Å². The molecule has 3 aromatic heterocycles. The van der Waals surface area contributed by atoms with Crippen molar-refractivity contribution in [2.45, 2.75) is 25.7 Å². The third-order valence-corrected chi connectivity index (χ3v) is 5.62. The second-order valence-corrected chi connectivity index (χ2v) is 6.78. The first-order valence-corrected chi connectivity index (χ1v) is 8.54. The van der Waals surface area contributed by atoms with Crippen molar-refractivity contribution < 1.29 is 0 Å². The lowest BCUT2D eigenvalue weighted by Gasteiger charge is -2.21. The molecule has 7 heteroatoms. The van der Waals surface area contributed by atoms with Crippen molar-refractivity contribution in [2.75, 3.05) is 13.1 Å². The van der Waals surface area contributed by atoms with Crippen LogP contribution in [0, 0.1) is 6.92 Å². The summed E-state index contributed by atoms with van der Waals surface area (Å²) in [5, 5.41) is 14.4. The predicted octanol–water partition coefficient (Wildman–Crippen LogP) is 2.69. The molecule has 0 bridgehead atoms. The summed E-state index contributed by atoms with van der Waals surface area (Å²) in [4.78, 5) is 6.58. The Morgan fingerprint density at radius 1 is 1.25 bits per heavy atom. The number of nitrogens with zero attached hydrogens (tertiary/aromatic N) is 4. The summed E-state index contributed by atoms with van der Waals surface area (Å²) < 4.78 is 2.24. The summed E-state index contributed by atoms with van der Waals surface area (Å²) in [6.07, 6.45) is 2.27. The van der Waals surface area contributed by atoms with Crippen LogP contribution in [0.15, 0.2) is 10.9 Å². The Labute approximate surface area is 124 Å². The van der Waals surface area contributed by atoms with E-state index in [-0.39, 0.29) is 0 Å². The van der Waals surface area contributed by atoms with Crippen molar-refractivity contribution in [2.24, 2.45) is 0 Å². The highest BCUT2D eigenvalue weighted by molar-refractivity contribution is 7.16. The Bertz CT molecular complexity index is 735. The predicted molar refractivity (Wildman–Crippen MR) is 81.6 cm³/mol. The largest absolute Gasteiger partial charge is 0.317 e. The van der Waals surface area contributed by atoms with Crippen LogP contribution in [0.4, 0.5) is 0 Å². The van der Waals surface area contributed by atoms with E-state index in [0.29, 0.717) is 5.92 Å². The first-order chi connectivity index (χ1) is 9.84. The zero-order chi connectivity index (χ0) is 13.5. The van der Waals surface area contributed by atoms with Gasteiger partial charge < -0.3 is 5.32 Å². The number of thiazole rings is 2. The molecule has 4 rings (SSSR count). The van der Waals surface area contributed by atoms with Gasteiger partial charge in [0.15, 0.2) is 0 Å². The molecule has 5 nitrogen and oxygen atoms in total. The van der Waals surface area contributed by atoms with Gasteiger partial charge in [-0.15, -0.1) is 32.9 Å². The Hall–Kier alpha value is -1.31. The van der Waals surface area contributed by atoms with Gasteiger partial charge in [0.1, 0.15) is 5.82 Å². The zero-order valence-electron chi connectivity index (χ0n) is 11.2. The molecule has 0 aromatic carbocycles. The summed E-state index contributed by atoms with van der Waals surface area (Å²) in [6.45, 7) is 4.20. The number of rotatable bonds is 2. The Morgan fingerprint density at radius 2 is 2.10 bits per heavy atom. The average molecular weight is 305 g/mol. The molecule has 0 amide bonds. The van der Waals surface area contributed by atoms with Crippen LogP contribution in [0.2, 0.25) is 0 Å². The van der Waals surface area contributed by atoms with Gasteiger partial charge >= 0.3 is 0 Å². The van der Waals surface area contributed by atoms with Crippen molar-refractivity contribution in [3.05, 3.63) is 22.4 Å². The standard InChI is InChI=1S/C13H15N5S2/c1-8-11(20-7-15-8)10-6-19-13-17-16-12(18(10)13)9-2-4-14-5-3-9/h6-7,9,14H,2-5H2,1H3. The molecule has 0 atom stereocenters. The average Bonchev–Trinajstić information content (AvgIpc) is 3.15. The van der Waals surface area contributed by atoms with Crippen LogP contribution < -0.4 is 5.32 Å². The van der Waals surface area contributed by atoms with Crippen LogP contribution in [-0.4, -0.2) is 32.7 Å². The van der Waals surface area contributed by atoms with Gasteiger partial charge in [-0.05, 0) is 32.9 Å². The van der Waals surface area contributed by atoms with Gasteiger partial charge in [-0.3, -0.25) is 4.40 Å². The highest BCUT2D eigenvalue weighted by Gasteiger charge is 2.24. The Balaban J connectivity index is 1.86. The number of fused-ring (bicyclic) bond motifs is 1. The third-order valence-electron chi connectivity index (χ3n) is 3.86. The summed E-state index contributed by atoms with van der Waals surface area (Å²) in [5.74, 6) is 1.62. The van der Waals surface area contributed by atoms with Crippen molar-refractivity contribution in [3.8, 4) is 10.6 Å². The van der Waals surface area contributed by atoms with E-state index in [1.54, 1.807) is 22.7 Å². The fraction of sp³-hybridized carbons (Fsp3) is 0.462. The molecule has 4 heterocycles. The first-order valence-electron chi connectivity index (χ1n) is 6.78. The van der Waals surface area contributed by atoms with E-state index in [0.717, 1.165) is 42.4 Å². The fourth-order valence-corrected chi connectivity index (χ4v) is 4.50. The summed E-state index contributed by atoms with van der Waals surface area (Å²) in [5.41, 5.74) is 4.19. The molecule has 1 N–H and O–H groups in total. The highest BCUT2D eigenvalue weighted by atomic mass is 32.1. The van der Waals surface area contributed by atoms with Gasteiger partial charge in [0.25, 0.3) is 0 Å². The van der Waals surface area contributed by atoms with E-state index in [9.17, 15) is 0 Å². The molecule has 1 fully saturated rings. The lowest BCUT2D eigenvalue weighted by atomic mass is 9.97. The maximum atomic E-state index is 4.46. The van der Waals surface area contributed by atoms with E-state index >= 15 is 0 Å². The van der Waals surface area contributed by atoms with Crippen molar-refractivity contribution in [1.82, 2.24) is 24.9 Å². The van der Waals surface area contributed by atoms with Gasteiger partial charge in [0, 0.05) is 11.3 Å². The maximum Gasteiger partial charge on any atom is 0.216 e. The normalized spacial score (nSPS) is 17.1. The SMILES string of the molecule is Cc1ncsc1-c1csc2nnc(C3CCNCC3)n12. The molecule has 3 aromatic rings. The van der Waals surface area contributed by atoms with Gasteiger partial charge in [-0.1, -0.05) is 0 Å². The van der Waals surface area contributed by atoms with Gasteiger partial charge in [-0.2, -0.15) is 0 Å². The molecule has 1 aliphatic heterocycles. The second kappa shape index (κ2) is 4.91. The maximum absolute atomic E-state index is 4.46. The quantitative estimate of drug-likeness (QED) is 0.791. The van der Waals surface area contributed by atoms with E-state index < -0.39 is 0 Å². The summed E-state index contributed by atoms with van der Waals surface area (Å²) >= 11 is 3.35. The molecule has 0 spiro atoms. The third kappa shape index (κ3) is 1.88. The van der Waals surface area contributed by atoms with Crippen molar-refractivity contribution >= 4 is 27.6 Å². The van der Waals surface area contributed by atoms with E-state index in [1.807, 2.05) is 5.51 Å². The van der Waals surface area contributed by atoms with E-state index in [1.165, 1.54) is 10.6 Å². The first kappa shape index (κ1) is 12.4. The molecule has 0 radical (unpaired) electrons. The minimum absolute atomic E-state index is 0.507. The molecule has 0 aliphatic carbocycles. The zero-order valence-corrected chi connectivity index (χ0v) is 12.8. The van der Waals surface area contributed by atoms with E-state index in [2.05, 4.69) is 37.2 Å². The van der Waals surface area contributed by atoms with Gasteiger partial charge in [-0.25, -0.2) is 4.98 Å². The number of aromatic nitrogens is 4.